The molecule has 2 aromatic heterocycles. The van der Waals surface area contributed by atoms with E-state index in [9.17, 15) is 9.90 Å². The van der Waals surface area contributed by atoms with Crippen LogP contribution < -0.4 is 5.69 Å². The summed E-state index contributed by atoms with van der Waals surface area (Å²) < 4.78 is 3.35. The quantitative estimate of drug-likeness (QED) is 0.736. The molecule has 0 amide bonds. The molecule has 134 valence electrons. The summed E-state index contributed by atoms with van der Waals surface area (Å²) in [5, 5.41) is 12.0. The summed E-state index contributed by atoms with van der Waals surface area (Å²) in [5.41, 5.74) is 4.30. The van der Waals surface area contributed by atoms with Crippen molar-refractivity contribution in [1.29, 1.82) is 0 Å². The minimum absolute atomic E-state index is 0.0119. The van der Waals surface area contributed by atoms with E-state index in [1.165, 1.54) is 10.4 Å². The van der Waals surface area contributed by atoms with E-state index in [-0.39, 0.29) is 11.8 Å². The Kier molecular flexibility index (Phi) is 5.13. The molecule has 25 heavy (non-hydrogen) atoms. The Balaban J connectivity index is 1.88. The molecule has 0 aliphatic heterocycles. The highest BCUT2D eigenvalue weighted by Crippen LogP contribution is 2.21. The van der Waals surface area contributed by atoms with Crippen molar-refractivity contribution in [1.82, 2.24) is 14.0 Å². The van der Waals surface area contributed by atoms with Crippen LogP contribution in [0.5, 0.6) is 0 Å². The lowest BCUT2D eigenvalue weighted by Crippen LogP contribution is -2.30. The first-order valence-electron chi connectivity index (χ1n) is 8.44. The standard InChI is InChI=1S/C19H25N3O2S/c1-13-7-8-25-18(13)12-22(10-14(2)23)11-15-5-6-16-17(9-15)21(4)19(24)20(16)3/h5-9,14,23H,10-12H2,1-4H3/t14-/m1/s1. The van der Waals surface area contributed by atoms with Gasteiger partial charge in [0.15, 0.2) is 0 Å². The summed E-state index contributed by atoms with van der Waals surface area (Å²) in [6.45, 7) is 6.11. The van der Waals surface area contributed by atoms with Crippen LogP contribution in [0.1, 0.15) is 22.9 Å². The predicted octanol–water partition coefficient (Wildman–Crippen LogP) is 2.63. The van der Waals surface area contributed by atoms with E-state index in [1.807, 2.05) is 13.0 Å². The highest BCUT2D eigenvalue weighted by molar-refractivity contribution is 7.10. The molecule has 6 heteroatoms. The SMILES string of the molecule is Cc1ccsc1CN(Cc1ccc2c(c1)n(C)c(=O)n2C)C[C@@H](C)O. The van der Waals surface area contributed by atoms with Crippen molar-refractivity contribution in [3.8, 4) is 0 Å². The van der Waals surface area contributed by atoms with Crippen molar-refractivity contribution in [2.24, 2.45) is 14.1 Å². The van der Waals surface area contributed by atoms with Crippen LogP contribution in [0.3, 0.4) is 0 Å². The number of nitrogens with zero attached hydrogens (tertiary/aromatic N) is 3. The van der Waals surface area contributed by atoms with E-state index in [0.717, 1.165) is 29.7 Å². The van der Waals surface area contributed by atoms with E-state index in [2.05, 4.69) is 35.4 Å². The van der Waals surface area contributed by atoms with Crippen molar-refractivity contribution < 1.29 is 5.11 Å². The molecule has 0 saturated heterocycles. The first-order valence-corrected chi connectivity index (χ1v) is 9.32. The third kappa shape index (κ3) is 3.71. The third-order valence-corrected chi connectivity index (χ3v) is 5.61. The molecular formula is C19H25N3O2S. The van der Waals surface area contributed by atoms with E-state index < -0.39 is 0 Å². The van der Waals surface area contributed by atoms with Gasteiger partial charge in [-0.1, -0.05) is 6.07 Å². The third-order valence-electron chi connectivity index (χ3n) is 4.60. The topological polar surface area (TPSA) is 50.4 Å². The lowest BCUT2D eigenvalue weighted by Gasteiger charge is -2.24. The van der Waals surface area contributed by atoms with Crippen molar-refractivity contribution in [2.45, 2.75) is 33.0 Å². The summed E-state index contributed by atoms with van der Waals surface area (Å²) in [7, 11) is 3.60. The first-order chi connectivity index (χ1) is 11.9. The summed E-state index contributed by atoms with van der Waals surface area (Å²) in [6.07, 6.45) is -0.384. The van der Waals surface area contributed by atoms with Gasteiger partial charge in [0, 0.05) is 38.6 Å². The van der Waals surface area contributed by atoms with Gasteiger partial charge in [-0.2, -0.15) is 0 Å². The molecule has 0 aliphatic carbocycles. The van der Waals surface area contributed by atoms with Crippen LogP contribution in [0.15, 0.2) is 34.4 Å². The van der Waals surface area contributed by atoms with Gasteiger partial charge in [-0.3, -0.25) is 14.0 Å². The molecule has 3 rings (SSSR count). The van der Waals surface area contributed by atoms with Gasteiger partial charge in [-0.25, -0.2) is 4.79 Å². The van der Waals surface area contributed by atoms with Gasteiger partial charge in [0.05, 0.1) is 17.1 Å². The second-order valence-corrected chi connectivity index (χ2v) is 7.77. The molecule has 1 N–H and O–H groups in total. The number of aryl methyl sites for hydroxylation is 3. The van der Waals surface area contributed by atoms with Gasteiger partial charge in [0.1, 0.15) is 0 Å². The number of aliphatic hydroxyl groups is 1. The van der Waals surface area contributed by atoms with Crippen LogP contribution in [-0.4, -0.2) is 31.8 Å². The fourth-order valence-corrected chi connectivity index (χ4v) is 4.18. The van der Waals surface area contributed by atoms with Gasteiger partial charge in [-0.15, -0.1) is 11.3 Å². The zero-order valence-electron chi connectivity index (χ0n) is 15.2. The average Bonchev–Trinajstić information content (AvgIpc) is 3.05. The predicted molar refractivity (Wildman–Crippen MR) is 103 cm³/mol. The summed E-state index contributed by atoms with van der Waals surface area (Å²) in [6, 6.07) is 8.28. The fourth-order valence-electron chi connectivity index (χ4n) is 3.24. The molecule has 0 aliphatic rings. The fraction of sp³-hybridized carbons (Fsp3) is 0.421. The highest BCUT2D eigenvalue weighted by Gasteiger charge is 2.14. The maximum absolute atomic E-state index is 12.1. The van der Waals surface area contributed by atoms with Gasteiger partial charge < -0.3 is 5.11 Å². The van der Waals surface area contributed by atoms with Crippen LogP contribution in [-0.2, 0) is 27.2 Å². The molecule has 0 bridgehead atoms. The van der Waals surface area contributed by atoms with Gasteiger partial charge in [-0.05, 0) is 48.6 Å². The molecule has 0 radical (unpaired) electrons. The first kappa shape index (κ1) is 17.9. The second kappa shape index (κ2) is 7.15. The number of aliphatic hydroxyl groups excluding tert-OH is 1. The molecule has 3 aromatic rings. The molecular weight excluding hydrogens is 334 g/mol. The number of fused-ring (bicyclic) bond motifs is 1. The van der Waals surface area contributed by atoms with Crippen molar-refractivity contribution in [2.75, 3.05) is 6.54 Å². The maximum atomic E-state index is 12.1. The number of benzene rings is 1. The molecule has 2 heterocycles. The normalized spacial score (nSPS) is 13.0. The lowest BCUT2D eigenvalue weighted by molar-refractivity contribution is 0.118. The van der Waals surface area contributed by atoms with Crippen molar-refractivity contribution in [3.63, 3.8) is 0 Å². The molecule has 0 unspecified atom stereocenters. The van der Waals surface area contributed by atoms with Gasteiger partial charge in [0.2, 0.25) is 0 Å². The minimum Gasteiger partial charge on any atom is -0.392 e. The molecule has 1 atom stereocenters. The van der Waals surface area contributed by atoms with E-state index in [1.54, 1.807) is 34.6 Å². The summed E-state index contributed by atoms with van der Waals surface area (Å²) in [5.74, 6) is 0. The van der Waals surface area contributed by atoms with Crippen LogP contribution in [0.25, 0.3) is 11.0 Å². The molecule has 0 fully saturated rings. The van der Waals surface area contributed by atoms with E-state index in [4.69, 9.17) is 0 Å². The Bertz CT molecular complexity index is 936. The lowest BCUT2D eigenvalue weighted by atomic mass is 10.1. The Morgan fingerprint density at radius 3 is 2.52 bits per heavy atom. The number of rotatable bonds is 6. The number of thiophene rings is 1. The number of aromatic nitrogens is 2. The van der Waals surface area contributed by atoms with Gasteiger partial charge >= 0.3 is 5.69 Å². The number of hydrogen-bond acceptors (Lipinski definition) is 4. The zero-order valence-corrected chi connectivity index (χ0v) is 16.0. The highest BCUT2D eigenvalue weighted by atomic mass is 32.1. The monoisotopic (exact) mass is 359 g/mol. The minimum atomic E-state index is -0.384. The number of imidazole rings is 1. The molecule has 5 nitrogen and oxygen atoms in total. The summed E-state index contributed by atoms with van der Waals surface area (Å²) >= 11 is 1.75. The molecule has 1 aromatic carbocycles. The van der Waals surface area contributed by atoms with Gasteiger partial charge in [0.25, 0.3) is 0 Å². The Morgan fingerprint density at radius 1 is 1.16 bits per heavy atom. The van der Waals surface area contributed by atoms with Crippen LogP contribution in [0.2, 0.25) is 0 Å². The zero-order chi connectivity index (χ0) is 18.1. The Labute approximate surface area is 151 Å². The van der Waals surface area contributed by atoms with Crippen LogP contribution in [0, 0.1) is 6.92 Å². The average molecular weight is 359 g/mol. The van der Waals surface area contributed by atoms with E-state index in [0.29, 0.717) is 6.54 Å². The smallest absolute Gasteiger partial charge is 0.328 e. The van der Waals surface area contributed by atoms with Crippen LogP contribution >= 0.6 is 11.3 Å². The Morgan fingerprint density at radius 2 is 1.88 bits per heavy atom. The molecule has 0 saturated carbocycles. The van der Waals surface area contributed by atoms with E-state index >= 15 is 0 Å². The van der Waals surface area contributed by atoms with Crippen molar-refractivity contribution in [3.05, 3.63) is 56.1 Å². The van der Waals surface area contributed by atoms with Crippen LogP contribution in [0.4, 0.5) is 0 Å². The summed E-state index contributed by atoms with van der Waals surface area (Å²) in [4.78, 5) is 15.7. The second-order valence-electron chi connectivity index (χ2n) is 6.77. The maximum Gasteiger partial charge on any atom is 0.328 e. The molecule has 0 spiro atoms. The largest absolute Gasteiger partial charge is 0.392 e. The Hall–Kier alpha value is -1.89. The van der Waals surface area contributed by atoms with Crippen molar-refractivity contribution >= 4 is 22.4 Å². The number of hydrogen-bond donors (Lipinski definition) is 1.